The summed E-state index contributed by atoms with van der Waals surface area (Å²) >= 11 is 3.28. The quantitative estimate of drug-likeness (QED) is 0.765. The van der Waals surface area contributed by atoms with Crippen LogP contribution < -0.4 is 8.92 Å². The van der Waals surface area contributed by atoms with E-state index in [-0.39, 0.29) is 12.3 Å². The smallest absolute Gasteiger partial charge is 0.385 e. The fraction of sp³-hybridized carbons (Fsp3) is 0.200. The molecule has 5 nitrogen and oxygen atoms in total. The molecule has 0 aliphatic heterocycles. The van der Waals surface area contributed by atoms with Gasteiger partial charge in [-0.15, -0.1) is 0 Å². The van der Waals surface area contributed by atoms with E-state index in [4.69, 9.17) is 8.92 Å². The van der Waals surface area contributed by atoms with Gasteiger partial charge in [0, 0.05) is 18.1 Å². The molecule has 0 spiro atoms. The molecule has 0 atom stereocenters. The van der Waals surface area contributed by atoms with Crippen molar-refractivity contribution >= 4 is 26.2 Å². The highest BCUT2D eigenvalue weighted by atomic mass is 79.9. The maximum atomic E-state index is 12.2. The highest BCUT2D eigenvalue weighted by Crippen LogP contribution is 2.20. The van der Waals surface area contributed by atoms with Gasteiger partial charge >= 0.3 is 10.3 Å². The average Bonchev–Trinajstić information content (AvgIpc) is 2.50. The number of ether oxygens (including phenoxy) is 1. The second-order valence-electron chi connectivity index (χ2n) is 4.60. The molecule has 0 fully saturated rings. The number of rotatable bonds is 6. The maximum Gasteiger partial charge on any atom is 0.385 e. The topological polar surface area (TPSA) is 55.8 Å². The van der Waals surface area contributed by atoms with Gasteiger partial charge in [0.15, 0.2) is 0 Å². The third-order valence-electron chi connectivity index (χ3n) is 2.96. The van der Waals surface area contributed by atoms with Crippen molar-refractivity contribution < 1.29 is 17.3 Å². The Bertz CT molecular complexity index is 714. The van der Waals surface area contributed by atoms with Gasteiger partial charge in [-0.2, -0.15) is 12.7 Å². The molecule has 0 aliphatic rings. The first kappa shape index (κ1) is 16.8. The first-order chi connectivity index (χ1) is 10.4. The van der Waals surface area contributed by atoms with Crippen molar-refractivity contribution in [3.05, 3.63) is 58.6 Å². The van der Waals surface area contributed by atoms with Gasteiger partial charge in [0.05, 0.1) is 7.11 Å². The zero-order chi connectivity index (χ0) is 16.2. The van der Waals surface area contributed by atoms with E-state index in [1.807, 2.05) is 12.1 Å². The number of benzene rings is 2. The number of hydrogen-bond acceptors (Lipinski definition) is 4. The van der Waals surface area contributed by atoms with Crippen LogP contribution in [0.5, 0.6) is 11.5 Å². The largest absolute Gasteiger partial charge is 0.497 e. The summed E-state index contributed by atoms with van der Waals surface area (Å²) in [4.78, 5) is 0. The van der Waals surface area contributed by atoms with E-state index >= 15 is 0 Å². The van der Waals surface area contributed by atoms with Crippen LogP contribution in [0.1, 0.15) is 5.56 Å². The van der Waals surface area contributed by atoms with E-state index in [2.05, 4.69) is 15.9 Å². The molecule has 0 aliphatic carbocycles. The highest BCUT2D eigenvalue weighted by molar-refractivity contribution is 9.10. The highest BCUT2D eigenvalue weighted by Gasteiger charge is 2.20. The van der Waals surface area contributed by atoms with Crippen LogP contribution in [0.4, 0.5) is 0 Å². The van der Waals surface area contributed by atoms with Crippen LogP contribution in [0.15, 0.2) is 53.0 Å². The zero-order valence-corrected chi connectivity index (χ0v) is 14.6. The summed E-state index contributed by atoms with van der Waals surface area (Å²) in [6.45, 7) is 0.211. The van der Waals surface area contributed by atoms with Gasteiger partial charge in [0.25, 0.3) is 0 Å². The Kier molecular flexibility index (Phi) is 5.44. The van der Waals surface area contributed by atoms with Crippen LogP contribution in [0.25, 0.3) is 0 Å². The summed E-state index contributed by atoms with van der Waals surface area (Å²) in [5.74, 6) is 0.991. The maximum absolute atomic E-state index is 12.2. The summed E-state index contributed by atoms with van der Waals surface area (Å²) < 4.78 is 36.5. The van der Waals surface area contributed by atoms with Gasteiger partial charge < -0.3 is 8.92 Å². The molecule has 0 heterocycles. The molecule has 0 radical (unpaired) electrons. The van der Waals surface area contributed by atoms with Gasteiger partial charge in [0.2, 0.25) is 0 Å². The SMILES string of the molecule is COc1ccc(CN(C)S(=O)(=O)Oc2ccc(Br)cc2)cc1. The molecular weight excluding hydrogens is 370 g/mol. The minimum absolute atomic E-state index is 0.211. The van der Waals surface area contributed by atoms with Crippen LogP contribution in [0.3, 0.4) is 0 Å². The van der Waals surface area contributed by atoms with Gasteiger partial charge in [-0.3, -0.25) is 0 Å². The summed E-state index contributed by atoms with van der Waals surface area (Å²) in [6.07, 6.45) is 0. The summed E-state index contributed by atoms with van der Waals surface area (Å²) in [5, 5.41) is 0. The molecule has 2 rings (SSSR count). The molecule has 2 aromatic carbocycles. The van der Waals surface area contributed by atoms with Crippen molar-refractivity contribution in [3.63, 3.8) is 0 Å². The van der Waals surface area contributed by atoms with Gasteiger partial charge in [0.1, 0.15) is 11.5 Å². The number of methoxy groups -OCH3 is 1. The lowest BCUT2D eigenvalue weighted by molar-refractivity contribution is 0.388. The fourth-order valence-electron chi connectivity index (χ4n) is 1.74. The van der Waals surface area contributed by atoms with E-state index in [9.17, 15) is 8.42 Å². The molecular formula is C15H16BrNO4S. The Morgan fingerprint density at radius 3 is 2.09 bits per heavy atom. The predicted octanol–water partition coefficient (Wildman–Crippen LogP) is 3.21. The second kappa shape index (κ2) is 7.13. The van der Waals surface area contributed by atoms with E-state index in [0.29, 0.717) is 0 Å². The standard InChI is InChI=1S/C15H16BrNO4S/c1-17(11-12-3-7-14(20-2)8-4-12)22(18,19)21-15-9-5-13(16)6-10-15/h3-10H,11H2,1-2H3. The average molecular weight is 386 g/mol. The van der Waals surface area contributed by atoms with Crippen molar-refractivity contribution in [2.24, 2.45) is 0 Å². The Hall–Kier alpha value is -1.57. The van der Waals surface area contributed by atoms with Crippen LogP contribution in [0.2, 0.25) is 0 Å². The molecule has 0 aromatic heterocycles. The van der Waals surface area contributed by atoms with E-state index in [1.54, 1.807) is 43.5 Å². The second-order valence-corrected chi connectivity index (χ2v) is 7.16. The Labute approximate surface area is 138 Å². The van der Waals surface area contributed by atoms with Gasteiger partial charge in [-0.05, 0) is 42.0 Å². The van der Waals surface area contributed by atoms with Gasteiger partial charge in [-0.25, -0.2) is 0 Å². The summed E-state index contributed by atoms with van der Waals surface area (Å²) in [5.41, 5.74) is 0.839. The van der Waals surface area contributed by atoms with E-state index in [1.165, 1.54) is 7.05 Å². The Morgan fingerprint density at radius 1 is 1.00 bits per heavy atom. The molecule has 0 N–H and O–H groups in total. The normalized spacial score (nSPS) is 11.5. The lowest BCUT2D eigenvalue weighted by Gasteiger charge is -2.17. The number of nitrogens with zero attached hydrogens (tertiary/aromatic N) is 1. The minimum atomic E-state index is -3.85. The lowest BCUT2D eigenvalue weighted by atomic mass is 10.2. The van der Waals surface area contributed by atoms with Gasteiger partial charge in [-0.1, -0.05) is 28.1 Å². The predicted molar refractivity (Wildman–Crippen MR) is 88.2 cm³/mol. The third-order valence-corrected chi connectivity index (χ3v) is 4.79. The van der Waals surface area contributed by atoms with Crippen molar-refractivity contribution in [1.29, 1.82) is 0 Å². The molecule has 22 heavy (non-hydrogen) atoms. The van der Waals surface area contributed by atoms with Crippen LogP contribution >= 0.6 is 15.9 Å². The van der Waals surface area contributed by atoms with Crippen LogP contribution in [-0.4, -0.2) is 26.9 Å². The monoisotopic (exact) mass is 385 g/mol. The zero-order valence-electron chi connectivity index (χ0n) is 12.2. The molecule has 0 bridgehead atoms. The molecule has 0 saturated carbocycles. The molecule has 0 saturated heterocycles. The number of halogens is 1. The van der Waals surface area contributed by atoms with E-state index < -0.39 is 10.3 Å². The molecule has 2 aromatic rings. The number of hydrogen-bond donors (Lipinski definition) is 0. The van der Waals surface area contributed by atoms with Crippen LogP contribution in [-0.2, 0) is 16.8 Å². The first-order valence-electron chi connectivity index (χ1n) is 6.45. The first-order valence-corrected chi connectivity index (χ1v) is 8.61. The van der Waals surface area contributed by atoms with Crippen LogP contribution in [0, 0.1) is 0 Å². The Morgan fingerprint density at radius 2 is 1.55 bits per heavy atom. The summed E-state index contributed by atoms with van der Waals surface area (Å²) in [6, 6.07) is 13.8. The van der Waals surface area contributed by atoms with Crippen molar-refractivity contribution in [3.8, 4) is 11.5 Å². The molecule has 7 heteroatoms. The molecule has 0 amide bonds. The molecule has 118 valence electrons. The summed E-state index contributed by atoms with van der Waals surface area (Å²) in [7, 11) is -0.802. The van der Waals surface area contributed by atoms with Crippen molar-refractivity contribution in [2.45, 2.75) is 6.54 Å². The Balaban J connectivity index is 2.05. The fourth-order valence-corrected chi connectivity index (χ4v) is 2.80. The third kappa shape index (κ3) is 4.46. The molecule has 0 unspecified atom stereocenters. The minimum Gasteiger partial charge on any atom is -0.497 e. The van der Waals surface area contributed by atoms with Crippen molar-refractivity contribution in [2.75, 3.05) is 14.2 Å². The lowest BCUT2D eigenvalue weighted by Crippen LogP contribution is -2.30. The van der Waals surface area contributed by atoms with E-state index in [0.717, 1.165) is 20.1 Å². The van der Waals surface area contributed by atoms with Crippen molar-refractivity contribution in [1.82, 2.24) is 4.31 Å².